The summed E-state index contributed by atoms with van der Waals surface area (Å²) in [5.74, 6) is -0.295. The molecule has 1 unspecified atom stereocenters. The van der Waals surface area contributed by atoms with Crippen molar-refractivity contribution in [3.63, 3.8) is 0 Å². The van der Waals surface area contributed by atoms with Crippen molar-refractivity contribution < 1.29 is 18.4 Å². The van der Waals surface area contributed by atoms with Crippen LogP contribution in [0.5, 0.6) is 0 Å². The zero-order valence-electron chi connectivity index (χ0n) is 15.1. The summed E-state index contributed by atoms with van der Waals surface area (Å²) in [6, 6.07) is 9.81. The number of imide groups is 1. The second kappa shape index (κ2) is 7.17. The van der Waals surface area contributed by atoms with Gasteiger partial charge in [-0.15, -0.1) is 0 Å². The summed E-state index contributed by atoms with van der Waals surface area (Å²) in [6.07, 6.45) is 1.45. The Morgan fingerprint density at radius 3 is 2.59 bits per heavy atom. The van der Waals surface area contributed by atoms with Crippen molar-refractivity contribution in [1.82, 2.24) is 15.2 Å². The summed E-state index contributed by atoms with van der Waals surface area (Å²) in [7, 11) is 0. The van der Waals surface area contributed by atoms with E-state index in [1.807, 2.05) is 0 Å². The number of amides is 3. The maximum Gasteiger partial charge on any atom is 0.325 e. The van der Waals surface area contributed by atoms with Crippen LogP contribution in [-0.2, 0) is 16.9 Å². The summed E-state index contributed by atoms with van der Waals surface area (Å²) in [4.78, 5) is 30.6. The maximum absolute atomic E-state index is 13.1. The fourth-order valence-corrected chi connectivity index (χ4v) is 3.78. The van der Waals surface area contributed by atoms with E-state index in [-0.39, 0.29) is 23.3 Å². The maximum atomic E-state index is 13.1. The van der Waals surface area contributed by atoms with E-state index in [0.717, 1.165) is 4.90 Å². The van der Waals surface area contributed by atoms with Crippen molar-refractivity contribution in [1.29, 1.82) is 0 Å². The van der Waals surface area contributed by atoms with Gasteiger partial charge in [-0.25, -0.2) is 14.2 Å². The molecule has 1 atom stereocenters. The second-order valence-corrected chi connectivity index (χ2v) is 7.54. The Labute approximate surface area is 175 Å². The van der Waals surface area contributed by atoms with Gasteiger partial charge in [-0.3, -0.25) is 9.69 Å². The normalized spacial score (nSPS) is 19.0. The zero-order chi connectivity index (χ0) is 20.8. The minimum Gasteiger partial charge on any atom is -0.439 e. The fourth-order valence-electron chi connectivity index (χ4n) is 3.18. The molecule has 0 radical (unpaired) electrons. The van der Waals surface area contributed by atoms with E-state index >= 15 is 0 Å². The molecule has 9 heteroatoms. The van der Waals surface area contributed by atoms with Crippen LogP contribution in [0.15, 0.2) is 53.1 Å². The number of benzene rings is 2. The second-order valence-electron chi connectivity index (χ2n) is 6.70. The van der Waals surface area contributed by atoms with Gasteiger partial charge in [0.15, 0.2) is 5.76 Å². The molecule has 0 spiro atoms. The molecule has 148 valence electrons. The minimum absolute atomic E-state index is 0.160. The predicted octanol–water partition coefficient (Wildman–Crippen LogP) is 4.75. The van der Waals surface area contributed by atoms with Crippen LogP contribution in [-0.4, -0.2) is 21.8 Å². The molecule has 0 bridgehead atoms. The summed E-state index contributed by atoms with van der Waals surface area (Å²) in [5.41, 5.74) is -0.283. The third kappa shape index (κ3) is 3.47. The van der Waals surface area contributed by atoms with Crippen molar-refractivity contribution in [2.75, 3.05) is 0 Å². The molecule has 1 N–H and O–H groups in total. The van der Waals surface area contributed by atoms with E-state index < -0.39 is 17.5 Å². The van der Waals surface area contributed by atoms with E-state index in [1.165, 1.54) is 24.4 Å². The highest BCUT2D eigenvalue weighted by molar-refractivity contribution is 6.35. The molecule has 6 nitrogen and oxygen atoms in total. The summed E-state index contributed by atoms with van der Waals surface area (Å²) < 4.78 is 18.7. The number of nitrogens with zero attached hydrogens (tertiary/aromatic N) is 2. The van der Waals surface area contributed by atoms with Crippen LogP contribution in [0.2, 0.25) is 10.0 Å². The van der Waals surface area contributed by atoms with E-state index in [1.54, 1.807) is 31.2 Å². The first-order valence-corrected chi connectivity index (χ1v) is 9.34. The monoisotopic (exact) mass is 433 g/mol. The Balaban J connectivity index is 1.58. The molecule has 0 aliphatic carbocycles. The van der Waals surface area contributed by atoms with E-state index in [2.05, 4.69) is 10.3 Å². The SMILES string of the molecule is CC1(c2ccc(Cl)cc2Cl)NC(=O)N(Cc2ncc(-c3ccc(F)cc3)o2)C1=O. The molecule has 3 aromatic rings. The first-order chi connectivity index (χ1) is 13.8. The molecule has 2 aromatic carbocycles. The molecule has 3 amide bonds. The van der Waals surface area contributed by atoms with E-state index in [9.17, 15) is 14.0 Å². The first kappa shape index (κ1) is 19.4. The topological polar surface area (TPSA) is 75.4 Å². The van der Waals surface area contributed by atoms with Gasteiger partial charge in [-0.1, -0.05) is 29.3 Å². The number of oxazole rings is 1. The first-order valence-electron chi connectivity index (χ1n) is 8.58. The Kier molecular flexibility index (Phi) is 4.80. The molecule has 0 saturated carbocycles. The molecule has 29 heavy (non-hydrogen) atoms. The van der Waals surface area contributed by atoms with Gasteiger partial charge in [0, 0.05) is 21.2 Å². The van der Waals surface area contributed by atoms with Crippen molar-refractivity contribution in [2.45, 2.75) is 19.0 Å². The standard InChI is InChI=1S/C20H14Cl2FN3O3/c1-20(14-7-4-12(21)8-15(14)22)18(27)26(19(28)25-20)10-17-24-9-16(29-17)11-2-5-13(23)6-3-11/h2-9H,10H2,1H3,(H,25,28). The Morgan fingerprint density at radius 2 is 1.90 bits per heavy atom. The Morgan fingerprint density at radius 1 is 1.17 bits per heavy atom. The molecular weight excluding hydrogens is 420 g/mol. The Bertz CT molecular complexity index is 1120. The van der Waals surface area contributed by atoms with Crippen LogP contribution in [0.25, 0.3) is 11.3 Å². The molecule has 1 aromatic heterocycles. The number of urea groups is 1. The highest BCUT2D eigenvalue weighted by atomic mass is 35.5. The lowest BCUT2D eigenvalue weighted by Gasteiger charge is -2.23. The van der Waals surface area contributed by atoms with Gasteiger partial charge in [0.2, 0.25) is 5.89 Å². The third-order valence-corrected chi connectivity index (χ3v) is 5.27. The van der Waals surface area contributed by atoms with Crippen LogP contribution in [0, 0.1) is 5.82 Å². The number of halogens is 3. The van der Waals surface area contributed by atoms with Crippen molar-refractivity contribution >= 4 is 35.1 Å². The number of rotatable bonds is 4. The molecule has 4 rings (SSSR count). The molecule has 1 saturated heterocycles. The minimum atomic E-state index is -1.34. The fraction of sp³-hybridized carbons (Fsp3) is 0.150. The van der Waals surface area contributed by atoms with Gasteiger partial charge >= 0.3 is 6.03 Å². The van der Waals surface area contributed by atoms with Crippen LogP contribution < -0.4 is 5.32 Å². The van der Waals surface area contributed by atoms with Gasteiger partial charge in [-0.05, 0) is 43.3 Å². The summed E-state index contributed by atoms with van der Waals surface area (Å²) >= 11 is 12.2. The third-order valence-electron chi connectivity index (χ3n) is 4.72. The summed E-state index contributed by atoms with van der Waals surface area (Å²) in [5, 5.41) is 3.36. The van der Waals surface area contributed by atoms with Gasteiger partial charge in [-0.2, -0.15) is 0 Å². The number of carbonyl (C=O) groups excluding carboxylic acids is 2. The highest BCUT2D eigenvalue weighted by Crippen LogP contribution is 2.35. The number of hydrogen-bond donors (Lipinski definition) is 1. The number of aromatic nitrogens is 1. The largest absolute Gasteiger partial charge is 0.439 e. The van der Waals surface area contributed by atoms with Gasteiger partial charge in [0.25, 0.3) is 5.91 Å². The predicted molar refractivity (Wildman–Crippen MR) is 105 cm³/mol. The number of carbonyl (C=O) groups is 2. The summed E-state index contributed by atoms with van der Waals surface area (Å²) in [6.45, 7) is 1.41. The molecule has 1 aliphatic heterocycles. The van der Waals surface area contributed by atoms with Crippen molar-refractivity contribution in [3.8, 4) is 11.3 Å². The van der Waals surface area contributed by atoms with Crippen molar-refractivity contribution in [3.05, 3.63) is 76.0 Å². The smallest absolute Gasteiger partial charge is 0.325 e. The van der Waals surface area contributed by atoms with Gasteiger partial charge in [0.1, 0.15) is 17.9 Å². The Hall–Kier alpha value is -2.90. The zero-order valence-corrected chi connectivity index (χ0v) is 16.6. The number of hydrogen-bond acceptors (Lipinski definition) is 4. The van der Waals surface area contributed by atoms with Gasteiger partial charge in [0.05, 0.1) is 6.20 Å². The lowest BCUT2D eigenvalue weighted by molar-refractivity contribution is -0.131. The molecule has 1 fully saturated rings. The van der Waals surface area contributed by atoms with Crippen LogP contribution in [0.4, 0.5) is 9.18 Å². The lowest BCUT2D eigenvalue weighted by atomic mass is 9.92. The molecular formula is C20H14Cl2FN3O3. The van der Waals surface area contributed by atoms with Crippen LogP contribution in [0.3, 0.4) is 0 Å². The molecule has 2 heterocycles. The van der Waals surface area contributed by atoms with Crippen molar-refractivity contribution in [2.24, 2.45) is 0 Å². The van der Waals surface area contributed by atoms with Gasteiger partial charge < -0.3 is 9.73 Å². The van der Waals surface area contributed by atoms with Crippen LogP contribution >= 0.6 is 23.2 Å². The quantitative estimate of drug-likeness (QED) is 0.602. The average Bonchev–Trinajstić information content (AvgIpc) is 3.21. The van der Waals surface area contributed by atoms with E-state index in [4.69, 9.17) is 27.6 Å². The number of nitrogens with one attached hydrogen (secondary N) is 1. The lowest BCUT2D eigenvalue weighted by Crippen LogP contribution is -2.41. The molecule has 1 aliphatic rings. The van der Waals surface area contributed by atoms with Crippen LogP contribution in [0.1, 0.15) is 18.4 Å². The van der Waals surface area contributed by atoms with E-state index in [0.29, 0.717) is 21.9 Å². The average molecular weight is 434 g/mol. The highest BCUT2D eigenvalue weighted by Gasteiger charge is 2.50.